The van der Waals surface area contributed by atoms with Crippen LogP contribution in [0.15, 0.2) is 48.7 Å². The lowest BCUT2D eigenvalue weighted by atomic mass is 10.1. The topological polar surface area (TPSA) is 37.3 Å². The predicted octanol–water partition coefficient (Wildman–Crippen LogP) is 3.37. The van der Waals surface area contributed by atoms with Gasteiger partial charge in [-0.1, -0.05) is 31.0 Å². The normalized spacial score (nSPS) is 17.2. The molecule has 1 unspecified atom stereocenters. The maximum Gasteiger partial charge on any atom is 0.251 e. The fourth-order valence-corrected chi connectivity index (χ4v) is 3.53. The summed E-state index contributed by atoms with van der Waals surface area (Å²) in [5.74, 6) is 0.00429. The van der Waals surface area contributed by atoms with Crippen molar-refractivity contribution in [2.45, 2.75) is 31.7 Å². The molecule has 1 saturated heterocycles. The zero-order valence-electron chi connectivity index (χ0n) is 14.4. The van der Waals surface area contributed by atoms with E-state index in [1.807, 2.05) is 30.3 Å². The van der Waals surface area contributed by atoms with Crippen molar-refractivity contribution >= 4 is 5.91 Å². The first-order valence-electron chi connectivity index (χ1n) is 8.94. The van der Waals surface area contributed by atoms with Crippen LogP contribution >= 0.6 is 0 Å². The number of likely N-dealkylation sites (tertiary alicyclic amines) is 1. The molecule has 1 aromatic carbocycles. The number of rotatable bonds is 5. The zero-order valence-corrected chi connectivity index (χ0v) is 14.4. The van der Waals surface area contributed by atoms with Gasteiger partial charge in [0.2, 0.25) is 0 Å². The van der Waals surface area contributed by atoms with Gasteiger partial charge >= 0.3 is 0 Å². The second-order valence-corrected chi connectivity index (χ2v) is 6.59. The first-order chi connectivity index (χ1) is 11.8. The SMILES string of the molecule is Cn1cccc1C(CNC(=O)c1ccccc1)N1CCCCCC1. The highest BCUT2D eigenvalue weighted by atomic mass is 16.1. The Morgan fingerprint density at radius 2 is 1.75 bits per heavy atom. The molecule has 1 atom stereocenters. The maximum absolute atomic E-state index is 12.4. The average Bonchev–Trinajstić information content (AvgIpc) is 2.87. The molecule has 1 aliphatic heterocycles. The van der Waals surface area contributed by atoms with Crippen molar-refractivity contribution in [3.8, 4) is 0 Å². The number of aryl methyl sites for hydroxylation is 1. The molecule has 1 N–H and O–H groups in total. The molecule has 1 aliphatic rings. The van der Waals surface area contributed by atoms with Gasteiger partial charge in [0.1, 0.15) is 0 Å². The molecule has 2 aromatic rings. The van der Waals surface area contributed by atoms with Crippen LogP contribution in [0, 0.1) is 0 Å². The van der Waals surface area contributed by atoms with Gasteiger partial charge < -0.3 is 9.88 Å². The van der Waals surface area contributed by atoms with Crippen molar-refractivity contribution in [2.75, 3.05) is 19.6 Å². The number of carbonyl (C=O) groups excluding carboxylic acids is 1. The van der Waals surface area contributed by atoms with Crippen molar-refractivity contribution in [2.24, 2.45) is 7.05 Å². The Bertz CT molecular complexity index is 642. The molecule has 0 saturated carbocycles. The molecule has 2 heterocycles. The highest BCUT2D eigenvalue weighted by molar-refractivity contribution is 5.94. The molecule has 0 spiro atoms. The lowest BCUT2D eigenvalue weighted by molar-refractivity contribution is 0.0931. The van der Waals surface area contributed by atoms with E-state index < -0.39 is 0 Å². The second-order valence-electron chi connectivity index (χ2n) is 6.59. The smallest absolute Gasteiger partial charge is 0.251 e. The second kappa shape index (κ2) is 8.15. The Morgan fingerprint density at radius 3 is 2.38 bits per heavy atom. The van der Waals surface area contributed by atoms with E-state index in [1.165, 1.54) is 31.4 Å². The van der Waals surface area contributed by atoms with Gasteiger partial charge in [0.05, 0.1) is 6.04 Å². The third kappa shape index (κ3) is 4.06. The van der Waals surface area contributed by atoms with Crippen LogP contribution in [-0.2, 0) is 7.05 Å². The zero-order chi connectivity index (χ0) is 16.8. The van der Waals surface area contributed by atoms with Gasteiger partial charge in [-0.2, -0.15) is 0 Å². The van der Waals surface area contributed by atoms with Gasteiger partial charge in [-0.3, -0.25) is 9.69 Å². The van der Waals surface area contributed by atoms with Crippen LogP contribution < -0.4 is 5.32 Å². The first kappa shape index (κ1) is 16.8. The van der Waals surface area contributed by atoms with Gasteiger partial charge in [-0.25, -0.2) is 0 Å². The number of hydrogen-bond donors (Lipinski definition) is 1. The number of nitrogens with one attached hydrogen (secondary N) is 1. The summed E-state index contributed by atoms with van der Waals surface area (Å²) in [6.07, 6.45) is 7.19. The van der Waals surface area contributed by atoms with E-state index in [0.29, 0.717) is 6.54 Å². The van der Waals surface area contributed by atoms with Gasteiger partial charge in [0.15, 0.2) is 0 Å². The molecule has 1 aromatic heterocycles. The van der Waals surface area contributed by atoms with Crippen molar-refractivity contribution < 1.29 is 4.79 Å². The summed E-state index contributed by atoms with van der Waals surface area (Å²) in [6.45, 7) is 2.86. The van der Waals surface area contributed by atoms with Crippen LogP contribution in [0.5, 0.6) is 0 Å². The van der Waals surface area contributed by atoms with Crippen LogP contribution in [-0.4, -0.2) is 35.0 Å². The van der Waals surface area contributed by atoms with Crippen molar-refractivity contribution in [1.82, 2.24) is 14.8 Å². The van der Waals surface area contributed by atoms with Crippen molar-refractivity contribution in [3.05, 3.63) is 59.9 Å². The number of amides is 1. The molecule has 128 valence electrons. The van der Waals surface area contributed by atoms with Crippen LogP contribution in [0.3, 0.4) is 0 Å². The summed E-state index contributed by atoms with van der Waals surface area (Å²) in [6, 6.07) is 13.9. The number of hydrogen-bond acceptors (Lipinski definition) is 2. The first-order valence-corrected chi connectivity index (χ1v) is 8.94. The number of benzene rings is 1. The maximum atomic E-state index is 12.4. The highest BCUT2D eigenvalue weighted by Gasteiger charge is 2.24. The predicted molar refractivity (Wildman–Crippen MR) is 97.0 cm³/mol. The van der Waals surface area contributed by atoms with E-state index in [9.17, 15) is 4.79 Å². The Kier molecular flexibility index (Phi) is 5.70. The molecule has 0 radical (unpaired) electrons. The molecule has 1 amide bonds. The Morgan fingerprint density at radius 1 is 1.04 bits per heavy atom. The van der Waals surface area contributed by atoms with Crippen LogP contribution in [0.25, 0.3) is 0 Å². The minimum atomic E-state index is 0.00429. The quantitative estimate of drug-likeness (QED) is 0.915. The minimum Gasteiger partial charge on any atom is -0.353 e. The van der Waals surface area contributed by atoms with Crippen LogP contribution in [0.2, 0.25) is 0 Å². The van der Waals surface area contributed by atoms with Crippen LogP contribution in [0.1, 0.15) is 47.8 Å². The monoisotopic (exact) mass is 325 g/mol. The summed E-state index contributed by atoms with van der Waals surface area (Å²) in [7, 11) is 2.08. The molecular weight excluding hydrogens is 298 g/mol. The Labute approximate surface area is 144 Å². The molecule has 1 fully saturated rings. The van der Waals surface area contributed by atoms with Gasteiger partial charge in [-0.05, 0) is 50.2 Å². The number of nitrogens with zero attached hydrogens (tertiary/aromatic N) is 2. The van der Waals surface area contributed by atoms with E-state index in [-0.39, 0.29) is 11.9 Å². The van der Waals surface area contributed by atoms with E-state index in [2.05, 4.69) is 40.2 Å². The summed E-state index contributed by atoms with van der Waals surface area (Å²) in [4.78, 5) is 15.0. The lowest BCUT2D eigenvalue weighted by Crippen LogP contribution is -2.39. The fourth-order valence-electron chi connectivity index (χ4n) is 3.53. The highest BCUT2D eigenvalue weighted by Crippen LogP contribution is 2.24. The van der Waals surface area contributed by atoms with Crippen molar-refractivity contribution in [3.63, 3.8) is 0 Å². The summed E-state index contributed by atoms with van der Waals surface area (Å²) in [5.41, 5.74) is 1.99. The Balaban J connectivity index is 1.72. The summed E-state index contributed by atoms with van der Waals surface area (Å²) in [5, 5.41) is 3.14. The van der Waals surface area contributed by atoms with Gasteiger partial charge in [0.25, 0.3) is 5.91 Å². The van der Waals surface area contributed by atoms with Gasteiger partial charge in [0, 0.05) is 31.0 Å². The molecular formula is C20H27N3O. The number of aromatic nitrogens is 1. The molecule has 4 nitrogen and oxygen atoms in total. The molecule has 3 rings (SSSR count). The van der Waals surface area contributed by atoms with Crippen LogP contribution in [0.4, 0.5) is 0 Å². The molecule has 4 heteroatoms. The third-order valence-electron chi connectivity index (χ3n) is 4.90. The van der Waals surface area contributed by atoms with Gasteiger partial charge in [-0.15, -0.1) is 0 Å². The molecule has 24 heavy (non-hydrogen) atoms. The fraction of sp³-hybridized carbons (Fsp3) is 0.450. The molecule has 0 aliphatic carbocycles. The van der Waals surface area contributed by atoms with E-state index in [4.69, 9.17) is 0 Å². The minimum absolute atomic E-state index is 0.00429. The standard InChI is InChI=1S/C20H27N3O/c1-22-13-9-12-18(22)19(23-14-7-2-3-8-15-23)16-21-20(24)17-10-5-4-6-11-17/h4-6,9-13,19H,2-3,7-8,14-16H2,1H3,(H,21,24). The lowest BCUT2D eigenvalue weighted by Gasteiger charge is -2.31. The van der Waals surface area contributed by atoms with E-state index in [0.717, 1.165) is 18.7 Å². The largest absolute Gasteiger partial charge is 0.353 e. The molecule has 0 bridgehead atoms. The summed E-state index contributed by atoms with van der Waals surface area (Å²) >= 11 is 0. The van der Waals surface area contributed by atoms with Crippen molar-refractivity contribution in [1.29, 1.82) is 0 Å². The Hall–Kier alpha value is -2.07. The van der Waals surface area contributed by atoms with E-state index >= 15 is 0 Å². The summed E-state index contributed by atoms with van der Waals surface area (Å²) < 4.78 is 2.17. The average molecular weight is 325 g/mol. The van der Waals surface area contributed by atoms with E-state index in [1.54, 1.807) is 0 Å². The third-order valence-corrected chi connectivity index (χ3v) is 4.90. The number of carbonyl (C=O) groups is 1.